The lowest BCUT2D eigenvalue weighted by atomic mass is 10.1. The molecule has 10 heteroatoms. The van der Waals surface area contributed by atoms with Crippen molar-refractivity contribution in [1.29, 1.82) is 0 Å². The third-order valence-electron chi connectivity index (χ3n) is 5.69. The van der Waals surface area contributed by atoms with E-state index in [4.69, 9.17) is 25.1 Å². The minimum Gasteiger partial charge on any atom is -0.493 e. The summed E-state index contributed by atoms with van der Waals surface area (Å²) >= 11 is 0. The molecule has 0 aliphatic heterocycles. The fourth-order valence-corrected chi connectivity index (χ4v) is 3.83. The Bertz CT molecular complexity index is 1270. The molecule has 206 valence electrons. The van der Waals surface area contributed by atoms with Crippen LogP contribution < -0.4 is 30.6 Å². The second kappa shape index (κ2) is 15.0. The summed E-state index contributed by atoms with van der Waals surface area (Å²) in [4.78, 5) is 29.7. The number of rotatable bonds is 13. The molecule has 1 atom stereocenters. The van der Waals surface area contributed by atoms with Gasteiger partial charge in [-0.15, -0.1) is 0 Å². The fraction of sp³-hybridized carbons (Fsp3) is 0.276. The van der Waals surface area contributed by atoms with Crippen LogP contribution in [0.5, 0.6) is 17.2 Å². The first-order chi connectivity index (χ1) is 18.9. The maximum Gasteiger partial charge on any atom is 0.253 e. The zero-order chi connectivity index (χ0) is 28.0. The standard InChI is InChI=1S/C29H34N4O6/c1-37-25-12-11-21(17-26(25)38-2)18-27(35)33-29(30)32-24(16-20-7-4-3-5-8-20)28(36)31-19-22-9-6-10-23(15-22)39-14-13-34/h3-12,15,17,24,34H,13-14,16,18-19H2,1-2H3,(H,31,36)(H3,30,32,33,35). The maximum atomic E-state index is 13.2. The van der Waals surface area contributed by atoms with Crippen LogP contribution in [-0.2, 0) is 29.0 Å². The van der Waals surface area contributed by atoms with Gasteiger partial charge in [-0.1, -0.05) is 48.5 Å². The van der Waals surface area contributed by atoms with Crippen LogP contribution in [0.2, 0.25) is 0 Å². The molecule has 39 heavy (non-hydrogen) atoms. The van der Waals surface area contributed by atoms with E-state index >= 15 is 0 Å². The topological polar surface area (TPSA) is 144 Å². The Kier molecular flexibility index (Phi) is 11.1. The molecule has 0 saturated heterocycles. The molecule has 0 aliphatic carbocycles. The highest BCUT2D eigenvalue weighted by Gasteiger charge is 2.20. The second-order valence-electron chi connectivity index (χ2n) is 8.58. The van der Waals surface area contributed by atoms with Gasteiger partial charge < -0.3 is 35.7 Å². The van der Waals surface area contributed by atoms with E-state index in [0.29, 0.717) is 29.2 Å². The number of aliphatic hydroxyl groups excluding tert-OH is 1. The number of methoxy groups -OCH3 is 2. The Morgan fingerprint density at radius 1 is 0.923 bits per heavy atom. The van der Waals surface area contributed by atoms with Crippen molar-refractivity contribution in [3.05, 3.63) is 89.5 Å². The first-order valence-electron chi connectivity index (χ1n) is 12.4. The summed E-state index contributed by atoms with van der Waals surface area (Å²) < 4.78 is 15.9. The van der Waals surface area contributed by atoms with E-state index in [1.807, 2.05) is 42.5 Å². The van der Waals surface area contributed by atoms with E-state index in [1.54, 1.807) is 30.3 Å². The number of carbonyl (C=O) groups excluding carboxylic acids is 2. The molecule has 0 bridgehead atoms. The van der Waals surface area contributed by atoms with Crippen LogP contribution in [0.25, 0.3) is 0 Å². The van der Waals surface area contributed by atoms with E-state index in [2.05, 4.69) is 15.6 Å². The van der Waals surface area contributed by atoms with Crippen molar-refractivity contribution >= 4 is 17.8 Å². The molecular weight excluding hydrogens is 500 g/mol. The third-order valence-corrected chi connectivity index (χ3v) is 5.69. The molecule has 0 heterocycles. The molecule has 3 aromatic carbocycles. The van der Waals surface area contributed by atoms with Crippen LogP contribution in [-0.4, -0.2) is 56.4 Å². The van der Waals surface area contributed by atoms with Crippen molar-refractivity contribution in [1.82, 2.24) is 10.6 Å². The lowest BCUT2D eigenvalue weighted by molar-refractivity contribution is -0.123. The van der Waals surface area contributed by atoms with Crippen molar-refractivity contribution in [2.75, 3.05) is 27.4 Å². The molecule has 0 spiro atoms. The van der Waals surface area contributed by atoms with E-state index in [0.717, 1.165) is 11.1 Å². The van der Waals surface area contributed by atoms with Gasteiger partial charge in [0.05, 0.1) is 27.2 Å². The average Bonchev–Trinajstić information content (AvgIpc) is 2.95. The van der Waals surface area contributed by atoms with Gasteiger partial charge in [-0.2, -0.15) is 4.99 Å². The molecule has 10 nitrogen and oxygen atoms in total. The molecule has 1 unspecified atom stereocenters. The van der Waals surface area contributed by atoms with Crippen molar-refractivity contribution in [2.45, 2.75) is 25.4 Å². The summed E-state index contributed by atoms with van der Waals surface area (Å²) in [6.07, 6.45) is 0.319. The van der Waals surface area contributed by atoms with Gasteiger partial charge in [0.1, 0.15) is 18.4 Å². The number of hydrogen-bond acceptors (Lipinski definition) is 6. The zero-order valence-electron chi connectivity index (χ0n) is 22.1. The Hall–Kier alpha value is -4.57. The van der Waals surface area contributed by atoms with Gasteiger partial charge >= 0.3 is 0 Å². The van der Waals surface area contributed by atoms with Crippen molar-refractivity contribution in [3.63, 3.8) is 0 Å². The van der Waals surface area contributed by atoms with Crippen molar-refractivity contribution in [3.8, 4) is 17.2 Å². The summed E-state index contributed by atoms with van der Waals surface area (Å²) in [6, 6.07) is 21.1. The van der Waals surface area contributed by atoms with Crippen LogP contribution in [0.1, 0.15) is 16.7 Å². The van der Waals surface area contributed by atoms with Gasteiger partial charge in [0.2, 0.25) is 5.91 Å². The lowest BCUT2D eigenvalue weighted by Crippen LogP contribution is -2.50. The quantitative estimate of drug-likeness (QED) is 0.192. The summed E-state index contributed by atoms with van der Waals surface area (Å²) in [5.74, 6) is 0.701. The highest BCUT2D eigenvalue weighted by Crippen LogP contribution is 2.27. The number of ether oxygens (including phenoxy) is 3. The number of carbonyl (C=O) groups is 2. The van der Waals surface area contributed by atoms with Gasteiger partial charge in [-0.05, 0) is 41.0 Å². The number of benzene rings is 3. The molecule has 5 N–H and O–H groups in total. The Balaban J connectivity index is 1.67. The van der Waals surface area contributed by atoms with Crippen LogP contribution >= 0.6 is 0 Å². The molecule has 3 rings (SSSR count). The van der Waals surface area contributed by atoms with E-state index in [-0.39, 0.29) is 38.0 Å². The molecule has 3 aromatic rings. The molecule has 0 aliphatic rings. The van der Waals surface area contributed by atoms with Gasteiger partial charge in [-0.3, -0.25) is 9.59 Å². The zero-order valence-corrected chi connectivity index (χ0v) is 22.1. The van der Waals surface area contributed by atoms with Gasteiger partial charge in [-0.25, -0.2) is 0 Å². The maximum absolute atomic E-state index is 13.2. The van der Waals surface area contributed by atoms with Crippen molar-refractivity contribution < 1.29 is 28.9 Å². The normalized spacial score (nSPS) is 11.8. The van der Waals surface area contributed by atoms with Gasteiger partial charge in [0.15, 0.2) is 17.5 Å². The molecular formula is C29H34N4O6. The Morgan fingerprint density at radius 2 is 1.67 bits per heavy atom. The number of nitrogens with two attached hydrogens (primary N) is 1. The van der Waals surface area contributed by atoms with Crippen LogP contribution in [0.15, 0.2) is 77.8 Å². The average molecular weight is 535 g/mol. The predicted molar refractivity (Wildman–Crippen MR) is 148 cm³/mol. The largest absolute Gasteiger partial charge is 0.493 e. The summed E-state index contributed by atoms with van der Waals surface area (Å²) in [5, 5.41) is 14.7. The first-order valence-corrected chi connectivity index (χ1v) is 12.4. The summed E-state index contributed by atoms with van der Waals surface area (Å²) in [6.45, 7) is 0.340. The number of aliphatic hydroxyl groups is 1. The number of guanidine groups is 1. The van der Waals surface area contributed by atoms with Crippen LogP contribution in [0, 0.1) is 0 Å². The van der Waals surface area contributed by atoms with Crippen molar-refractivity contribution in [2.24, 2.45) is 10.7 Å². The van der Waals surface area contributed by atoms with Crippen LogP contribution in [0.3, 0.4) is 0 Å². The van der Waals surface area contributed by atoms with E-state index < -0.39 is 11.9 Å². The number of aliphatic imine (C=N–C) groups is 1. The Labute approximate surface area is 227 Å². The number of hydrogen-bond donors (Lipinski definition) is 4. The highest BCUT2D eigenvalue weighted by atomic mass is 16.5. The summed E-state index contributed by atoms with van der Waals surface area (Å²) in [7, 11) is 3.05. The lowest BCUT2D eigenvalue weighted by Gasteiger charge is -2.19. The second-order valence-corrected chi connectivity index (χ2v) is 8.58. The van der Waals surface area contributed by atoms with Gasteiger partial charge in [0.25, 0.3) is 5.91 Å². The highest BCUT2D eigenvalue weighted by molar-refractivity contribution is 5.95. The van der Waals surface area contributed by atoms with E-state index in [1.165, 1.54) is 14.2 Å². The van der Waals surface area contributed by atoms with E-state index in [9.17, 15) is 9.59 Å². The molecule has 2 amide bonds. The molecule has 0 aromatic heterocycles. The number of nitrogens with zero attached hydrogens (tertiary/aromatic N) is 1. The number of amides is 2. The van der Waals surface area contributed by atoms with Crippen LogP contribution in [0.4, 0.5) is 0 Å². The minimum atomic E-state index is -0.779. The third kappa shape index (κ3) is 9.35. The summed E-state index contributed by atoms with van der Waals surface area (Å²) in [5.41, 5.74) is 8.47. The monoisotopic (exact) mass is 534 g/mol. The predicted octanol–water partition coefficient (Wildman–Crippen LogP) is 1.98. The first kappa shape index (κ1) is 29.0. The molecule has 0 radical (unpaired) electrons. The smallest absolute Gasteiger partial charge is 0.253 e. The Morgan fingerprint density at radius 3 is 2.38 bits per heavy atom. The molecule has 0 saturated carbocycles. The fourth-order valence-electron chi connectivity index (χ4n) is 3.83. The number of nitrogens with one attached hydrogen (secondary N) is 2. The van der Waals surface area contributed by atoms with Gasteiger partial charge in [0, 0.05) is 13.0 Å². The SMILES string of the molecule is COc1ccc(CC(=O)N=C(N)NC(Cc2ccccc2)C(=O)NCc2cccc(OCCO)c2)cc1OC. The minimum absolute atomic E-state index is 0.00697. The molecule has 0 fully saturated rings.